The number of rotatable bonds is 5. The quantitative estimate of drug-likeness (QED) is 0.763. The molecule has 2 aromatic carbocycles. The average molecular weight is 404 g/mol. The summed E-state index contributed by atoms with van der Waals surface area (Å²) in [5, 5.41) is 0. The normalized spacial score (nSPS) is 15.3. The molecule has 28 heavy (non-hydrogen) atoms. The Morgan fingerprint density at radius 2 is 1.64 bits per heavy atom. The van der Waals surface area contributed by atoms with Crippen molar-refractivity contribution in [1.29, 1.82) is 0 Å². The number of methoxy groups -OCH3 is 2. The van der Waals surface area contributed by atoms with Crippen LogP contribution in [0.25, 0.3) is 0 Å². The van der Waals surface area contributed by atoms with E-state index < -0.39 is 10.0 Å². The van der Waals surface area contributed by atoms with Gasteiger partial charge in [0.15, 0.2) is 0 Å². The zero-order chi connectivity index (χ0) is 20.3. The van der Waals surface area contributed by atoms with Gasteiger partial charge in [0.05, 0.1) is 14.2 Å². The molecule has 3 rings (SSSR count). The van der Waals surface area contributed by atoms with Gasteiger partial charge >= 0.3 is 0 Å². The molecule has 1 aliphatic rings. The third kappa shape index (κ3) is 3.83. The first kappa shape index (κ1) is 20.2. The minimum Gasteiger partial charge on any atom is -0.497 e. The number of ether oxygens (including phenoxy) is 2. The summed E-state index contributed by atoms with van der Waals surface area (Å²) in [5.41, 5.74) is 1.55. The number of aryl methyl sites for hydroxylation is 1. The van der Waals surface area contributed by atoms with E-state index in [0.717, 1.165) is 5.56 Å². The molecule has 7 nitrogen and oxygen atoms in total. The molecule has 0 aliphatic carbocycles. The van der Waals surface area contributed by atoms with Crippen molar-refractivity contribution < 1.29 is 22.7 Å². The fourth-order valence-electron chi connectivity index (χ4n) is 3.24. The Hall–Kier alpha value is -2.58. The van der Waals surface area contributed by atoms with Crippen LogP contribution in [0, 0.1) is 6.92 Å². The molecule has 8 heteroatoms. The summed E-state index contributed by atoms with van der Waals surface area (Å²) in [6.07, 6.45) is 0. The number of piperazine rings is 1. The molecule has 1 aliphatic heterocycles. The van der Waals surface area contributed by atoms with Gasteiger partial charge < -0.3 is 14.4 Å². The molecule has 150 valence electrons. The number of sulfonamides is 1. The van der Waals surface area contributed by atoms with E-state index in [1.165, 1.54) is 24.6 Å². The summed E-state index contributed by atoms with van der Waals surface area (Å²) in [5.74, 6) is 0.626. The second-order valence-electron chi connectivity index (χ2n) is 6.53. The van der Waals surface area contributed by atoms with Crippen molar-refractivity contribution in [3.8, 4) is 11.5 Å². The molecule has 2 aromatic rings. The summed E-state index contributed by atoms with van der Waals surface area (Å²) in [4.78, 5) is 14.5. The van der Waals surface area contributed by atoms with Gasteiger partial charge in [-0.1, -0.05) is 18.2 Å². The Kier molecular flexibility index (Phi) is 5.90. The van der Waals surface area contributed by atoms with E-state index in [4.69, 9.17) is 9.47 Å². The highest BCUT2D eigenvalue weighted by atomic mass is 32.2. The van der Waals surface area contributed by atoms with Crippen molar-refractivity contribution in [3.05, 3.63) is 53.6 Å². The van der Waals surface area contributed by atoms with Crippen LogP contribution in [0.2, 0.25) is 0 Å². The van der Waals surface area contributed by atoms with Crippen molar-refractivity contribution in [3.63, 3.8) is 0 Å². The largest absolute Gasteiger partial charge is 0.497 e. The van der Waals surface area contributed by atoms with Crippen molar-refractivity contribution >= 4 is 15.9 Å². The molecule has 0 unspecified atom stereocenters. The summed E-state index contributed by atoms with van der Waals surface area (Å²) < 4.78 is 38.0. The standard InChI is InChI=1S/C20H24N2O5S/c1-15-6-4-5-7-17(15)20(23)21-10-12-22(13-11-21)28(24,25)19-14-16(26-2)8-9-18(19)27-3/h4-9,14H,10-13H2,1-3H3. The monoisotopic (exact) mass is 404 g/mol. The molecule has 0 bridgehead atoms. The zero-order valence-electron chi connectivity index (χ0n) is 16.2. The molecule has 0 N–H and O–H groups in total. The molecule has 1 fully saturated rings. The zero-order valence-corrected chi connectivity index (χ0v) is 17.0. The first-order valence-corrected chi connectivity index (χ1v) is 10.4. The smallest absolute Gasteiger partial charge is 0.254 e. The maximum absolute atomic E-state index is 13.1. The Morgan fingerprint density at radius 3 is 2.25 bits per heavy atom. The molecule has 0 saturated carbocycles. The summed E-state index contributed by atoms with van der Waals surface area (Å²) in [6.45, 7) is 3.00. The second kappa shape index (κ2) is 8.20. The first-order valence-electron chi connectivity index (χ1n) is 8.95. The number of carbonyl (C=O) groups excluding carboxylic acids is 1. The van der Waals surface area contributed by atoms with E-state index in [1.54, 1.807) is 23.1 Å². The molecular formula is C20H24N2O5S. The van der Waals surface area contributed by atoms with Gasteiger partial charge in [-0.25, -0.2) is 8.42 Å². The second-order valence-corrected chi connectivity index (χ2v) is 8.43. The van der Waals surface area contributed by atoms with Gasteiger partial charge in [-0.05, 0) is 30.7 Å². The van der Waals surface area contributed by atoms with Crippen molar-refractivity contribution in [2.75, 3.05) is 40.4 Å². The highest BCUT2D eigenvalue weighted by Crippen LogP contribution is 2.31. The lowest BCUT2D eigenvalue weighted by Crippen LogP contribution is -2.50. The van der Waals surface area contributed by atoms with Crippen LogP contribution >= 0.6 is 0 Å². The number of nitrogens with zero attached hydrogens (tertiary/aromatic N) is 2. The van der Waals surface area contributed by atoms with Crippen molar-refractivity contribution in [2.45, 2.75) is 11.8 Å². The lowest BCUT2D eigenvalue weighted by atomic mass is 10.1. The molecule has 1 amide bonds. The van der Waals surface area contributed by atoms with Crippen molar-refractivity contribution in [1.82, 2.24) is 9.21 Å². The van der Waals surface area contributed by atoms with Crippen LogP contribution in [-0.2, 0) is 10.0 Å². The first-order chi connectivity index (χ1) is 13.4. The molecule has 0 radical (unpaired) electrons. The molecule has 1 heterocycles. The number of hydrogen-bond donors (Lipinski definition) is 0. The van der Waals surface area contributed by atoms with E-state index in [9.17, 15) is 13.2 Å². The summed E-state index contributed by atoms with van der Waals surface area (Å²) in [6, 6.07) is 12.1. The molecule has 0 atom stereocenters. The van der Waals surface area contributed by atoms with Crippen LogP contribution in [-0.4, -0.2) is 63.9 Å². The van der Waals surface area contributed by atoms with E-state index in [-0.39, 0.29) is 29.6 Å². The highest BCUT2D eigenvalue weighted by Gasteiger charge is 2.33. The van der Waals surface area contributed by atoms with Crippen LogP contribution in [0.5, 0.6) is 11.5 Å². The Morgan fingerprint density at radius 1 is 0.964 bits per heavy atom. The van der Waals surface area contributed by atoms with Gasteiger partial charge in [0.25, 0.3) is 5.91 Å². The molecule has 0 aromatic heterocycles. The number of carbonyl (C=O) groups is 1. The average Bonchev–Trinajstić information content (AvgIpc) is 2.73. The Bertz CT molecular complexity index is 966. The van der Waals surface area contributed by atoms with E-state index in [2.05, 4.69) is 0 Å². The fraction of sp³-hybridized carbons (Fsp3) is 0.350. The lowest BCUT2D eigenvalue weighted by Gasteiger charge is -2.34. The summed E-state index contributed by atoms with van der Waals surface area (Å²) in [7, 11) is -0.858. The maximum Gasteiger partial charge on any atom is 0.254 e. The minimum atomic E-state index is -3.77. The lowest BCUT2D eigenvalue weighted by molar-refractivity contribution is 0.0697. The van der Waals surface area contributed by atoms with Gasteiger partial charge in [0.2, 0.25) is 10.0 Å². The van der Waals surface area contributed by atoms with Crippen molar-refractivity contribution in [2.24, 2.45) is 0 Å². The predicted octanol–water partition coefficient (Wildman–Crippen LogP) is 2.16. The van der Waals surface area contributed by atoms with Gasteiger partial charge in [-0.3, -0.25) is 4.79 Å². The maximum atomic E-state index is 13.1. The number of amides is 1. The van der Waals surface area contributed by atoms with Gasteiger partial charge in [0.1, 0.15) is 16.4 Å². The molecular weight excluding hydrogens is 380 g/mol. The number of hydrogen-bond acceptors (Lipinski definition) is 5. The number of benzene rings is 2. The van der Waals surface area contributed by atoms with Crippen LogP contribution < -0.4 is 9.47 Å². The minimum absolute atomic E-state index is 0.0630. The molecule has 1 saturated heterocycles. The highest BCUT2D eigenvalue weighted by molar-refractivity contribution is 7.89. The predicted molar refractivity (Wildman–Crippen MR) is 105 cm³/mol. The van der Waals surface area contributed by atoms with Gasteiger partial charge in [-0.15, -0.1) is 0 Å². The SMILES string of the molecule is COc1ccc(OC)c(S(=O)(=O)N2CCN(C(=O)c3ccccc3C)CC2)c1. The topological polar surface area (TPSA) is 76.2 Å². The Labute approximate surface area is 165 Å². The van der Waals surface area contributed by atoms with Gasteiger partial charge in [0, 0.05) is 37.8 Å². The van der Waals surface area contributed by atoms with E-state index in [0.29, 0.717) is 24.4 Å². The Balaban J connectivity index is 1.77. The van der Waals surface area contributed by atoms with Crippen LogP contribution in [0.15, 0.2) is 47.4 Å². The van der Waals surface area contributed by atoms with Crippen LogP contribution in [0.4, 0.5) is 0 Å². The van der Waals surface area contributed by atoms with Crippen LogP contribution in [0.1, 0.15) is 15.9 Å². The van der Waals surface area contributed by atoms with E-state index in [1.807, 2.05) is 25.1 Å². The fourth-order valence-corrected chi connectivity index (χ4v) is 4.83. The molecule has 0 spiro atoms. The summed E-state index contributed by atoms with van der Waals surface area (Å²) >= 11 is 0. The van der Waals surface area contributed by atoms with E-state index >= 15 is 0 Å². The third-order valence-corrected chi connectivity index (χ3v) is 6.81. The van der Waals surface area contributed by atoms with Gasteiger partial charge in [-0.2, -0.15) is 4.31 Å². The third-order valence-electron chi connectivity index (χ3n) is 4.89. The van der Waals surface area contributed by atoms with Crippen LogP contribution in [0.3, 0.4) is 0 Å².